The van der Waals surface area contributed by atoms with Gasteiger partial charge in [-0.05, 0) is 18.6 Å². The number of nitrogens with zero attached hydrogens (tertiary/aromatic N) is 1. The Morgan fingerprint density at radius 2 is 2.12 bits per heavy atom. The first kappa shape index (κ1) is 12.8. The highest BCUT2D eigenvalue weighted by Crippen LogP contribution is 2.28. The average molecular weight is 234 g/mol. The normalized spacial score (nSPS) is 13.6. The summed E-state index contributed by atoms with van der Waals surface area (Å²) in [5.74, 6) is 0.328. The van der Waals surface area contributed by atoms with E-state index in [1.165, 1.54) is 6.07 Å². The van der Waals surface area contributed by atoms with E-state index >= 15 is 0 Å². The van der Waals surface area contributed by atoms with E-state index in [2.05, 4.69) is 10.3 Å². The van der Waals surface area contributed by atoms with Gasteiger partial charge in [0.2, 0.25) is 0 Å². The third-order valence-corrected chi connectivity index (χ3v) is 2.16. The molecule has 0 aliphatic heterocycles. The van der Waals surface area contributed by atoms with Crippen LogP contribution in [0.1, 0.15) is 18.9 Å². The second-order valence-corrected chi connectivity index (χ2v) is 3.36. The number of hydrogen-bond acceptors (Lipinski definition) is 3. The van der Waals surface area contributed by atoms with Crippen molar-refractivity contribution >= 4 is 5.82 Å². The van der Waals surface area contributed by atoms with E-state index in [-0.39, 0.29) is 12.6 Å². The molecule has 0 spiro atoms. The van der Waals surface area contributed by atoms with Crippen LogP contribution in [-0.2, 0) is 6.18 Å². The van der Waals surface area contributed by atoms with Gasteiger partial charge in [-0.25, -0.2) is 4.98 Å². The topological polar surface area (TPSA) is 45.1 Å². The largest absolute Gasteiger partial charge is 0.417 e. The number of aliphatic hydroxyl groups excluding tert-OH is 1. The zero-order valence-corrected chi connectivity index (χ0v) is 8.75. The maximum Gasteiger partial charge on any atom is 0.417 e. The van der Waals surface area contributed by atoms with Crippen LogP contribution >= 0.6 is 0 Å². The highest BCUT2D eigenvalue weighted by molar-refractivity contribution is 5.37. The van der Waals surface area contributed by atoms with Crippen molar-refractivity contribution in [3.05, 3.63) is 23.9 Å². The molecule has 0 aliphatic carbocycles. The predicted molar refractivity (Wildman–Crippen MR) is 54.0 cm³/mol. The van der Waals surface area contributed by atoms with Crippen LogP contribution in [0.25, 0.3) is 0 Å². The number of anilines is 1. The van der Waals surface area contributed by atoms with E-state index in [0.29, 0.717) is 12.2 Å². The van der Waals surface area contributed by atoms with Crippen LogP contribution in [0, 0.1) is 0 Å². The monoisotopic (exact) mass is 234 g/mol. The number of alkyl halides is 3. The molecule has 3 nitrogen and oxygen atoms in total. The molecule has 6 heteroatoms. The molecule has 0 aromatic carbocycles. The van der Waals surface area contributed by atoms with Gasteiger partial charge in [-0.15, -0.1) is 0 Å². The van der Waals surface area contributed by atoms with E-state index < -0.39 is 11.7 Å². The molecule has 1 aromatic rings. The van der Waals surface area contributed by atoms with E-state index in [9.17, 15) is 13.2 Å². The maximum absolute atomic E-state index is 12.2. The number of rotatable bonds is 4. The van der Waals surface area contributed by atoms with E-state index in [1.54, 1.807) is 0 Å². The van der Waals surface area contributed by atoms with Crippen molar-refractivity contribution in [3.63, 3.8) is 0 Å². The van der Waals surface area contributed by atoms with Gasteiger partial charge >= 0.3 is 6.18 Å². The first-order valence-corrected chi connectivity index (χ1v) is 4.88. The molecule has 16 heavy (non-hydrogen) atoms. The third-order valence-electron chi connectivity index (χ3n) is 2.16. The van der Waals surface area contributed by atoms with Crippen molar-refractivity contribution in [2.45, 2.75) is 25.6 Å². The molecule has 0 aliphatic rings. The van der Waals surface area contributed by atoms with Crippen LogP contribution in [0.3, 0.4) is 0 Å². The lowest BCUT2D eigenvalue weighted by Gasteiger charge is -2.15. The molecular weight excluding hydrogens is 221 g/mol. The van der Waals surface area contributed by atoms with E-state index in [1.807, 2.05) is 6.92 Å². The van der Waals surface area contributed by atoms with E-state index in [4.69, 9.17) is 5.11 Å². The van der Waals surface area contributed by atoms with Crippen LogP contribution in [0.2, 0.25) is 0 Å². The van der Waals surface area contributed by atoms with Gasteiger partial charge in [0, 0.05) is 6.20 Å². The molecule has 1 atom stereocenters. The second-order valence-electron chi connectivity index (χ2n) is 3.36. The molecular formula is C10H13F3N2O. The Kier molecular flexibility index (Phi) is 4.12. The van der Waals surface area contributed by atoms with Crippen molar-refractivity contribution in [2.75, 3.05) is 11.9 Å². The molecule has 0 unspecified atom stereocenters. The Bertz CT molecular complexity index is 320. The highest BCUT2D eigenvalue weighted by Gasteiger charge is 2.30. The predicted octanol–water partition coefficient (Wildman–Crippen LogP) is 2.28. The third kappa shape index (κ3) is 3.37. The first-order valence-electron chi connectivity index (χ1n) is 4.88. The van der Waals surface area contributed by atoms with Crippen molar-refractivity contribution in [1.29, 1.82) is 0 Å². The van der Waals surface area contributed by atoms with Crippen molar-refractivity contribution < 1.29 is 18.3 Å². The van der Waals surface area contributed by atoms with Crippen LogP contribution in [0.4, 0.5) is 19.0 Å². The van der Waals surface area contributed by atoms with Gasteiger partial charge in [0.1, 0.15) is 5.82 Å². The van der Waals surface area contributed by atoms with Crippen LogP contribution in [-0.4, -0.2) is 22.7 Å². The first-order chi connectivity index (χ1) is 7.47. The molecule has 0 radical (unpaired) electrons. The van der Waals surface area contributed by atoms with Gasteiger partial charge in [0.05, 0.1) is 18.2 Å². The Labute approximate surface area is 91.3 Å². The summed E-state index contributed by atoms with van der Waals surface area (Å²) in [6.45, 7) is 1.77. The maximum atomic E-state index is 12.2. The number of hydrogen-bond donors (Lipinski definition) is 2. The van der Waals surface area contributed by atoms with Crippen molar-refractivity contribution in [1.82, 2.24) is 4.98 Å². The number of aliphatic hydroxyl groups is 1. The van der Waals surface area contributed by atoms with Gasteiger partial charge in [0.15, 0.2) is 0 Å². The minimum absolute atomic E-state index is 0.0841. The standard InChI is InChI=1S/C10H13F3N2O/c1-2-8(6-16)15-9-4-3-7(5-14-9)10(11,12)13/h3-5,8,16H,2,6H2,1H3,(H,14,15)/t8-/m1/s1. The minimum atomic E-state index is -4.37. The molecule has 1 heterocycles. The van der Waals surface area contributed by atoms with Crippen LogP contribution in [0.5, 0.6) is 0 Å². The quantitative estimate of drug-likeness (QED) is 0.840. The van der Waals surface area contributed by atoms with Gasteiger partial charge < -0.3 is 10.4 Å². The fourth-order valence-corrected chi connectivity index (χ4v) is 1.13. The zero-order valence-electron chi connectivity index (χ0n) is 8.75. The Hall–Kier alpha value is -1.30. The van der Waals surface area contributed by atoms with Crippen molar-refractivity contribution in [2.24, 2.45) is 0 Å². The van der Waals surface area contributed by atoms with Crippen LogP contribution in [0.15, 0.2) is 18.3 Å². The second kappa shape index (κ2) is 5.16. The van der Waals surface area contributed by atoms with Gasteiger partial charge in [-0.2, -0.15) is 13.2 Å². The Morgan fingerprint density at radius 1 is 1.44 bits per heavy atom. The fraction of sp³-hybridized carbons (Fsp3) is 0.500. The SMILES string of the molecule is CC[C@H](CO)Nc1ccc(C(F)(F)F)cn1. The average Bonchev–Trinajstić information content (AvgIpc) is 2.25. The lowest BCUT2D eigenvalue weighted by Crippen LogP contribution is -2.23. The Morgan fingerprint density at radius 3 is 2.50 bits per heavy atom. The minimum Gasteiger partial charge on any atom is -0.394 e. The summed E-state index contributed by atoms with van der Waals surface area (Å²) in [6.07, 6.45) is -2.93. The summed E-state index contributed by atoms with van der Waals surface area (Å²) < 4.78 is 36.6. The molecule has 90 valence electrons. The van der Waals surface area contributed by atoms with Crippen LogP contribution < -0.4 is 5.32 Å². The number of nitrogens with one attached hydrogen (secondary N) is 1. The summed E-state index contributed by atoms with van der Waals surface area (Å²) in [5.41, 5.74) is -0.782. The lowest BCUT2D eigenvalue weighted by atomic mass is 10.2. The van der Waals surface area contributed by atoms with Gasteiger partial charge in [0.25, 0.3) is 0 Å². The zero-order chi connectivity index (χ0) is 12.2. The molecule has 0 fully saturated rings. The Balaban J connectivity index is 2.72. The molecule has 2 N–H and O–H groups in total. The molecule has 0 bridgehead atoms. The molecule has 1 rings (SSSR count). The number of aromatic nitrogens is 1. The summed E-state index contributed by atoms with van der Waals surface area (Å²) in [4.78, 5) is 3.64. The van der Waals surface area contributed by atoms with Crippen molar-refractivity contribution in [3.8, 4) is 0 Å². The molecule has 0 amide bonds. The lowest BCUT2D eigenvalue weighted by molar-refractivity contribution is -0.137. The van der Waals surface area contributed by atoms with E-state index in [0.717, 1.165) is 12.3 Å². The molecule has 1 aromatic heterocycles. The smallest absolute Gasteiger partial charge is 0.394 e. The summed E-state index contributed by atoms with van der Waals surface area (Å²) in [7, 11) is 0. The van der Waals surface area contributed by atoms with Gasteiger partial charge in [-0.3, -0.25) is 0 Å². The van der Waals surface area contributed by atoms with Gasteiger partial charge in [-0.1, -0.05) is 6.92 Å². The summed E-state index contributed by atoms with van der Waals surface area (Å²) >= 11 is 0. The molecule has 0 saturated heterocycles. The highest BCUT2D eigenvalue weighted by atomic mass is 19.4. The number of pyridine rings is 1. The summed E-state index contributed by atoms with van der Waals surface area (Å²) in [6, 6.07) is 2.02. The number of halogens is 3. The molecule has 0 saturated carbocycles. The summed E-state index contributed by atoms with van der Waals surface area (Å²) in [5, 5.41) is 11.7. The fourth-order valence-electron chi connectivity index (χ4n) is 1.13.